The van der Waals surface area contributed by atoms with E-state index in [2.05, 4.69) is 12.1 Å². The van der Waals surface area contributed by atoms with Gasteiger partial charge in [-0.3, -0.25) is 26.0 Å². The number of aliphatic hydroxyl groups is 1. The summed E-state index contributed by atoms with van der Waals surface area (Å²) in [5, 5.41) is 16.7. The van der Waals surface area contributed by atoms with Crippen molar-refractivity contribution in [3.05, 3.63) is 119 Å². The van der Waals surface area contributed by atoms with Gasteiger partial charge in [-0.05, 0) is 54.8 Å². The molecule has 2 N–H and O–H groups in total. The first kappa shape index (κ1) is 53.9. The Morgan fingerprint density at radius 2 is 1.44 bits per heavy atom. The van der Waals surface area contributed by atoms with Crippen molar-refractivity contribution in [2.75, 3.05) is 6.61 Å². The quantitative estimate of drug-likeness (QED) is 0.0605. The van der Waals surface area contributed by atoms with Gasteiger partial charge < -0.3 is 53.0 Å². The van der Waals surface area contributed by atoms with E-state index in [0.29, 0.717) is 11.1 Å². The Bertz CT molecular complexity index is 2400. The van der Waals surface area contributed by atoms with Gasteiger partial charge in [0, 0.05) is 79.8 Å². The molecule has 3 aromatic carbocycles. The fourth-order valence-corrected chi connectivity index (χ4v) is 10.8. The fraction of sp³-hybridized carbons (Fsp3) is 0.429. The van der Waals surface area contributed by atoms with Crippen molar-refractivity contribution in [2.24, 2.45) is 16.7 Å². The van der Waals surface area contributed by atoms with Crippen LogP contribution in [0.3, 0.4) is 0 Å². The molecule has 359 valence electrons. The third-order valence-corrected chi connectivity index (χ3v) is 14.1. The molecule has 17 nitrogen and oxygen atoms in total. The second kappa shape index (κ2) is 21.7. The van der Waals surface area contributed by atoms with Crippen LogP contribution >= 0.6 is 9.47 Å². The molecule has 19 heteroatoms. The summed E-state index contributed by atoms with van der Waals surface area (Å²) in [7, 11) is 2.03. The summed E-state index contributed by atoms with van der Waals surface area (Å²) < 4.78 is 42.0. The molecule has 3 aliphatic carbocycles. The first-order chi connectivity index (χ1) is 31.8. The number of ether oxygens (including phenoxy) is 6. The van der Waals surface area contributed by atoms with Crippen molar-refractivity contribution in [3.63, 3.8) is 0 Å². The van der Waals surface area contributed by atoms with Gasteiger partial charge in [0.15, 0.2) is 23.6 Å². The van der Waals surface area contributed by atoms with Crippen LogP contribution in [0.25, 0.3) is 0 Å². The molecule has 0 aromatic heterocycles. The first-order valence-corrected chi connectivity index (χ1v) is 21.8. The number of nitrogens with one attached hydrogen (secondary N) is 1. The maximum absolute atomic E-state index is 15.8. The Morgan fingerprint density at radius 1 is 0.868 bits per heavy atom. The number of ketones is 1. The molecule has 0 spiro atoms. The molecule has 1 heterocycles. The van der Waals surface area contributed by atoms with Crippen molar-refractivity contribution < 1.29 is 109 Å². The molecule has 1 aliphatic heterocycles. The van der Waals surface area contributed by atoms with Crippen LogP contribution in [0.15, 0.2) is 102 Å². The van der Waals surface area contributed by atoms with Crippen LogP contribution < -0.4 is 5.32 Å². The first-order valence-electron chi connectivity index (χ1n) is 21.3. The number of fused-ring (bicyclic) bond motifs is 5. The molecule has 3 aromatic rings. The fourth-order valence-electron chi connectivity index (χ4n) is 10.5. The zero-order valence-electron chi connectivity index (χ0n) is 38.2. The van der Waals surface area contributed by atoms with Crippen molar-refractivity contribution in [1.29, 1.82) is 0 Å². The average molecular weight is 1030 g/mol. The summed E-state index contributed by atoms with van der Waals surface area (Å²) in [6.07, 6.45) is -9.87. The number of hydrogen-bond donors (Lipinski definition) is 2. The van der Waals surface area contributed by atoms with E-state index in [0.717, 1.165) is 13.8 Å². The summed E-state index contributed by atoms with van der Waals surface area (Å²) in [4.78, 5) is 105. The summed E-state index contributed by atoms with van der Waals surface area (Å²) in [6.45, 7) is 12.7. The predicted molar refractivity (Wildman–Crippen MR) is 238 cm³/mol. The number of Topliss-reactive ketones (excluding diaryl/α,β-unsaturated/α-hetero) is 1. The van der Waals surface area contributed by atoms with Gasteiger partial charge in [-0.25, -0.2) is 9.59 Å². The van der Waals surface area contributed by atoms with Gasteiger partial charge in [-0.2, -0.15) is 0 Å². The number of carbonyl (C=O) groups excluding carboxylic acids is 8. The van der Waals surface area contributed by atoms with Crippen LogP contribution in [-0.2, 0) is 94.4 Å². The van der Waals surface area contributed by atoms with Gasteiger partial charge >= 0.3 is 23.9 Å². The number of benzene rings is 3. The van der Waals surface area contributed by atoms with Gasteiger partial charge in [0.25, 0.3) is 5.91 Å². The number of hydrogen-bond acceptors (Lipinski definition) is 16. The summed E-state index contributed by atoms with van der Waals surface area (Å²) in [5.41, 5.74) is -6.90. The minimum absolute atomic E-state index is 0. The largest absolute Gasteiger partial charge is 0.650 e. The molecule has 7 rings (SSSR count). The molecule has 1 saturated heterocycles. The van der Waals surface area contributed by atoms with E-state index in [1.807, 2.05) is 9.47 Å². The SMILES string of the molecule is CC(=O)O[C@H]1C(=O)[C@]2(C)[C@@H](O[C-]=O)C[C@H]3OC[C@@]3(OC(C)=O)[C@H]2[C@H](OC(=O)c2ccccc2)[C@]2(O)C[C@H](OC(=O)[C@H](OP)[C@@H](NC(=O)c3ccccc3)c3ccccc3)C(C)=C1C2(C)C.[CH-]=O.[Y]. The van der Waals surface area contributed by atoms with Crippen LogP contribution in [0.1, 0.15) is 86.7 Å². The minimum Gasteiger partial charge on any atom is -0.650 e. The molecular weight excluding hydrogens is 978 g/mol. The number of esters is 4. The molecule has 3 fully saturated rings. The van der Waals surface area contributed by atoms with E-state index in [4.69, 9.17) is 37.7 Å². The molecule has 68 heavy (non-hydrogen) atoms. The molecule has 1 amide bonds. The summed E-state index contributed by atoms with van der Waals surface area (Å²) in [5.74, 6) is -6.61. The molecular formula is C49H52NO16PY-2. The van der Waals surface area contributed by atoms with Crippen LogP contribution in [0.4, 0.5) is 0 Å². The van der Waals surface area contributed by atoms with Gasteiger partial charge in [0.05, 0.1) is 35.6 Å². The topological polar surface area (TPSA) is 233 Å². The number of amides is 1. The van der Waals surface area contributed by atoms with E-state index in [1.54, 1.807) is 99.6 Å². The maximum Gasteiger partial charge on any atom is 0.338 e. The molecule has 4 aliphatic rings. The van der Waals surface area contributed by atoms with E-state index < -0.39 is 113 Å². The Hall–Kier alpha value is -5.03. The van der Waals surface area contributed by atoms with E-state index in [9.17, 15) is 33.9 Å². The standard InChI is InChI=1S/C48H51NO15P.CHO.Y/c1-26-32(61-44(56)38(64-65)36(29-16-10-7-11-17-29)49-42(54)30-18-12-8-13-19-30)23-48(57)41(62-43(55)31-20-14-9-15-21-31)39-46(6,40(53)37(60-27(2)51)35(26)45(48,4)5)33(59-25-50)22-34-47(39,24-58-34)63-28(3)52;1-2;/h7-21,32-34,36-39,41,57H,22-24,65H2,1-6H3,(H,49,54);1H;/q2*-1;/t32-,33-,34+,36-,37+,38+,39-,41-,46+,47-,48+;;/m0../s1. The molecule has 1 unspecified atom stereocenters. The predicted octanol–water partition coefficient (Wildman–Crippen LogP) is 4.37. The second-order valence-electron chi connectivity index (χ2n) is 17.6. The van der Waals surface area contributed by atoms with Crippen LogP contribution in [0.2, 0.25) is 0 Å². The van der Waals surface area contributed by atoms with E-state index in [-0.39, 0.29) is 62.4 Å². The normalized spacial score (nSPS) is 29.5. The Balaban J connectivity index is 0.00000284. The molecule has 12 atom stereocenters. The van der Waals surface area contributed by atoms with Crippen LogP contribution in [0, 0.1) is 16.7 Å². The molecule has 1 radical (unpaired) electrons. The minimum atomic E-state index is -2.40. The van der Waals surface area contributed by atoms with Crippen LogP contribution in [0.5, 0.6) is 0 Å². The number of rotatable bonds is 13. The Kier molecular flexibility index (Phi) is 17.2. The van der Waals surface area contributed by atoms with Crippen LogP contribution in [-0.4, -0.2) is 108 Å². The second-order valence-corrected chi connectivity index (χ2v) is 17.9. The van der Waals surface area contributed by atoms with Gasteiger partial charge in [-0.1, -0.05) is 87.0 Å². The maximum atomic E-state index is 15.8. The Morgan fingerprint density at radius 3 is 1.96 bits per heavy atom. The van der Waals surface area contributed by atoms with Gasteiger partial charge in [0.2, 0.25) is 0 Å². The average Bonchev–Trinajstić information content (AvgIpc) is 3.30. The zero-order chi connectivity index (χ0) is 49.1. The smallest absolute Gasteiger partial charge is 0.338 e. The third kappa shape index (κ3) is 9.62. The molecule has 2 saturated carbocycles. The van der Waals surface area contributed by atoms with Crippen molar-refractivity contribution in [1.82, 2.24) is 5.32 Å². The summed E-state index contributed by atoms with van der Waals surface area (Å²) in [6, 6.07) is 23.6. The molecule has 2 bridgehead atoms. The van der Waals surface area contributed by atoms with Gasteiger partial charge in [0.1, 0.15) is 23.9 Å². The van der Waals surface area contributed by atoms with E-state index in [1.165, 1.54) is 25.5 Å². The zero-order valence-corrected chi connectivity index (χ0v) is 42.2. The van der Waals surface area contributed by atoms with E-state index >= 15 is 4.79 Å². The van der Waals surface area contributed by atoms with Crippen molar-refractivity contribution in [3.8, 4) is 0 Å². The van der Waals surface area contributed by atoms with Crippen molar-refractivity contribution >= 4 is 58.3 Å². The monoisotopic (exact) mass is 1030 g/mol. The van der Waals surface area contributed by atoms with Crippen molar-refractivity contribution in [2.45, 2.75) is 108 Å². The third-order valence-electron chi connectivity index (χ3n) is 13.8. The Labute approximate surface area is 420 Å². The number of carbonyl (C=O) groups is 6. The summed E-state index contributed by atoms with van der Waals surface area (Å²) >= 11 is 0. The van der Waals surface area contributed by atoms with Gasteiger partial charge in [-0.15, -0.1) is 0 Å².